The van der Waals surface area contributed by atoms with Crippen molar-refractivity contribution in [2.24, 2.45) is 34.5 Å². The highest BCUT2D eigenvalue weighted by atomic mass is 16.5. The fourth-order valence-electron chi connectivity index (χ4n) is 6.83. The molecule has 0 radical (unpaired) electrons. The summed E-state index contributed by atoms with van der Waals surface area (Å²) >= 11 is 0. The molecule has 4 aliphatic rings. The molecule has 4 aliphatic carbocycles. The Morgan fingerprint density at radius 2 is 1.92 bits per heavy atom. The van der Waals surface area contributed by atoms with Crippen molar-refractivity contribution in [1.82, 2.24) is 0 Å². The van der Waals surface area contributed by atoms with E-state index in [-0.39, 0.29) is 22.9 Å². The van der Waals surface area contributed by atoms with Gasteiger partial charge in [0.1, 0.15) is 6.10 Å². The lowest BCUT2D eigenvalue weighted by Gasteiger charge is -2.58. The zero-order valence-electron chi connectivity index (χ0n) is 16.0. The van der Waals surface area contributed by atoms with Gasteiger partial charge < -0.3 is 9.84 Å². The Kier molecular flexibility index (Phi) is 4.09. The quantitative estimate of drug-likeness (QED) is 0.588. The largest absolute Gasteiger partial charge is 0.478 e. The Bertz CT molecular complexity index is 692. The van der Waals surface area contributed by atoms with Crippen molar-refractivity contribution in [3.05, 3.63) is 23.8 Å². The number of allylic oxidation sites excluding steroid dienone is 3. The first-order chi connectivity index (χ1) is 12.3. The van der Waals surface area contributed by atoms with Crippen LogP contribution in [0.1, 0.15) is 59.3 Å². The van der Waals surface area contributed by atoms with Gasteiger partial charge in [0.15, 0.2) is 0 Å². The first-order valence-electron chi connectivity index (χ1n) is 10.0. The van der Waals surface area contributed by atoms with E-state index in [4.69, 9.17) is 4.74 Å². The maximum Gasteiger partial charge on any atom is 0.331 e. The lowest BCUT2D eigenvalue weighted by molar-refractivity contribution is -0.152. The minimum Gasteiger partial charge on any atom is -0.478 e. The van der Waals surface area contributed by atoms with E-state index >= 15 is 0 Å². The van der Waals surface area contributed by atoms with Crippen molar-refractivity contribution >= 4 is 11.9 Å². The summed E-state index contributed by atoms with van der Waals surface area (Å²) in [5, 5.41) is 9.62. The number of carbonyl (C=O) groups is 2. The topological polar surface area (TPSA) is 63.6 Å². The van der Waals surface area contributed by atoms with E-state index in [0.29, 0.717) is 29.2 Å². The number of fused-ring (bicyclic) bond motifs is 5. The molecule has 2 saturated carbocycles. The molecule has 0 spiro atoms. The van der Waals surface area contributed by atoms with Crippen LogP contribution in [0.2, 0.25) is 0 Å². The molecule has 0 heterocycles. The Hall–Kier alpha value is -1.58. The SMILES string of the molecule is CC(=O)O[C@H]1CC[C@@]2(C)C(C=C[C@@H]3[C@@H]2CC[C@]2(C)C(C(=O)O)=CC[C@@H]32)C1. The number of hydrogen-bond acceptors (Lipinski definition) is 3. The summed E-state index contributed by atoms with van der Waals surface area (Å²) < 4.78 is 5.50. The van der Waals surface area contributed by atoms with Gasteiger partial charge in [-0.1, -0.05) is 32.1 Å². The van der Waals surface area contributed by atoms with Crippen LogP contribution >= 0.6 is 0 Å². The molecule has 4 nitrogen and oxygen atoms in total. The van der Waals surface area contributed by atoms with Crippen LogP contribution in [0.15, 0.2) is 23.8 Å². The van der Waals surface area contributed by atoms with Crippen molar-refractivity contribution in [2.75, 3.05) is 0 Å². The third-order valence-corrected chi connectivity index (χ3v) is 8.26. The number of carboxylic acid groups (broad SMARTS) is 1. The van der Waals surface area contributed by atoms with Crippen molar-refractivity contribution < 1.29 is 19.4 Å². The van der Waals surface area contributed by atoms with Crippen LogP contribution in [0.5, 0.6) is 0 Å². The first-order valence-corrected chi connectivity index (χ1v) is 10.0. The Morgan fingerprint density at radius 1 is 1.15 bits per heavy atom. The Labute approximate surface area is 155 Å². The average molecular weight is 358 g/mol. The van der Waals surface area contributed by atoms with Crippen LogP contribution in [0.4, 0.5) is 0 Å². The normalized spacial score (nSPS) is 46.6. The minimum atomic E-state index is -0.737. The number of rotatable bonds is 2. The van der Waals surface area contributed by atoms with Crippen molar-refractivity contribution in [3.63, 3.8) is 0 Å². The van der Waals surface area contributed by atoms with Crippen LogP contribution in [-0.4, -0.2) is 23.1 Å². The van der Waals surface area contributed by atoms with Gasteiger partial charge in [0, 0.05) is 17.9 Å². The smallest absolute Gasteiger partial charge is 0.331 e. The highest BCUT2D eigenvalue weighted by Crippen LogP contribution is 2.64. The second kappa shape index (κ2) is 5.97. The molecule has 26 heavy (non-hydrogen) atoms. The van der Waals surface area contributed by atoms with E-state index < -0.39 is 5.97 Å². The summed E-state index contributed by atoms with van der Waals surface area (Å²) in [6, 6.07) is 0. The standard InChI is InChI=1S/C22H30O4/c1-13(23)26-15-8-10-21(2)14(12-15)4-5-16-17-6-7-19(20(24)25)22(17,3)11-9-18(16)21/h4-5,7,14-18H,6,8-12H2,1-3H3,(H,24,25)/t14?,15-,16-,17-,18-,21-,22-/m0/s1. The molecule has 0 aromatic heterocycles. The summed E-state index contributed by atoms with van der Waals surface area (Å²) in [6.45, 7) is 6.09. The fourth-order valence-corrected chi connectivity index (χ4v) is 6.83. The van der Waals surface area contributed by atoms with Crippen molar-refractivity contribution in [2.45, 2.75) is 65.4 Å². The molecule has 142 valence electrons. The molecule has 0 amide bonds. The molecule has 0 bridgehead atoms. The number of hydrogen-bond donors (Lipinski definition) is 1. The zero-order valence-corrected chi connectivity index (χ0v) is 16.0. The maximum absolute atomic E-state index is 11.7. The Balaban J connectivity index is 1.59. The molecule has 4 heteroatoms. The number of aliphatic carboxylic acids is 1. The molecular formula is C22H30O4. The molecular weight excluding hydrogens is 328 g/mol. The van der Waals surface area contributed by atoms with Gasteiger partial charge in [-0.2, -0.15) is 0 Å². The summed E-state index contributed by atoms with van der Waals surface area (Å²) in [7, 11) is 0. The molecule has 1 N–H and O–H groups in total. The molecule has 1 unspecified atom stereocenters. The second-order valence-corrected chi connectivity index (χ2v) is 9.41. The third kappa shape index (κ3) is 2.48. The summed E-state index contributed by atoms with van der Waals surface area (Å²) in [4.78, 5) is 23.0. The van der Waals surface area contributed by atoms with Crippen molar-refractivity contribution in [3.8, 4) is 0 Å². The van der Waals surface area contributed by atoms with E-state index in [1.807, 2.05) is 6.08 Å². The number of carboxylic acids is 1. The predicted molar refractivity (Wildman–Crippen MR) is 98.3 cm³/mol. The molecule has 0 aromatic rings. The second-order valence-electron chi connectivity index (χ2n) is 9.41. The number of esters is 1. The maximum atomic E-state index is 11.7. The van der Waals surface area contributed by atoms with Crippen LogP contribution < -0.4 is 0 Å². The molecule has 0 saturated heterocycles. The highest BCUT2D eigenvalue weighted by Gasteiger charge is 2.58. The van der Waals surface area contributed by atoms with E-state index in [1.54, 1.807) is 0 Å². The zero-order chi connectivity index (χ0) is 18.7. The molecule has 0 aliphatic heterocycles. The Morgan fingerprint density at radius 3 is 2.62 bits per heavy atom. The first kappa shape index (κ1) is 17.8. The van der Waals surface area contributed by atoms with Crippen LogP contribution in [0.3, 0.4) is 0 Å². The van der Waals surface area contributed by atoms with E-state index in [2.05, 4.69) is 26.0 Å². The van der Waals surface area contributed by atoms with Gasteiger partial charge in [-0.3, -0.25) is 4.79 Å². The highest BCUT2D eigenvalue weighted by molar-refractivity contribution is 5.89. The van der Waals surface area contributed by atoms with Gasteiger partial charge in [0.2, 0.25) is 0 Å². The van der Waals surface area contributed by atoms with Gasteiger partial charge in [-0.15, -0.1) is 0 Å². The van der Waals surface area contributed by atoms with Gasteiger partial charge in [-0.05, 0) is 67.6 Å². The third-order valence-electron chi connectivity index (χ3n) is 8.26. The lowest BCUT2D eigenvalue weighted by atomic mass is 9.46. The number of carbonyl (C=O) groups excluding carboxylic acids is 1. The lowest BCUT2D eigenvalue weighted by Crippen LogP contribution is -2.52. The van der Waals surface area contributed by atoms with E-state index in [0.717, 1.165) is 38.5 Å². The van der Waals surface area contributed by atoms with Gasteiger partial charge in [0.05, 0.1) is 0 Å². The fraction of sp³-hybridized carbons (Fsp3) is 0.727. The summed E-state index contributed by atoms with van der Waals surface area (Å²) in [5.74, 6) is 1.03. The van der Waals surface area contributed by atoms with Gasteiger partial charge >= 0.3 is 11.9 Å². The van der Waals surface area contributed by atoms with Crippen LogP contribution in [0, 0.1) is 34.5 Å². The predicted octanol–water partition coefficient (Wildman–Crippen LogP) is 4.36. The van der Waals surface area contributed by atoms with E-state index in [9.17, 15) is 14.7 Å². The van der Waals surface area contributed by atoms with Gasteiger partial charge in [-0.25, -0.2) is 4.79 Å². The van der Waals surface area contributed by atoms with Gasteiger partial charge in [0.25, 0.3) is 0 Å². The minimum absolute atomic E-state index is 0.0485. The monoisotopic (exact) mass is 358 g/mol. The number of ether oxygens (including phenoxy) is 1. The van der Waals surface area contributed by atoms with E-state index in [1.165, 1.54) is 6.92 Å². The average Bonchev–Trinajstić information content (AvgIpc) is 2.92. The summed E-state index contributed by atoms with van der Waals surface area (Å²) in [5.41, 5.74) is 0.693. The molecule has 0 aromatic carbocycles. The molecule has 7 atom stereocenters. The van der Waals surface area contributed by atoms with Crippen LogP contribution in [-0.2, 0) is 14.3 Å². The molecule has 2 fully saturated rings. The molecule has 4 rings (SSSR count). The summed E-state index contributed by atoms with van der Waals surface area (Å²) in [6.07, 6.45) is 12.7. The van der Waals surface area contributed by atoms with Crippen molar-refractivity contribution in [1.29, 1.82) is 0 Å². The van der Waals surface area contributed by atoms with Crippen LogP contribution in [0.25, 0.3) is 0 Å².